The van der Waals surface area contributed by atoms with E-state index in [0.717, 1.165) is 37.5 Å². The highest BCUT2D eigenvalue weighted by Crippen LogP contribution is 2.28. The molecule has 4 nitrogen and oxygen atoms in total. The van der Waals surface area contributed by atoms with Crippen LogP contribution in [0.3, 0.4) is 0 Å². The highest BCUT2D eigenvalue weighted by Gasteiger charge is 2.23. The summed E-state index contributed by atoms with van der Waals surface area (Å²) in [5, 5.41) is 4.61. The molecule has 0 aliphatic carbocycles. The number of aryl methyl sites for hydroxylation is 2. The SMILES string of the molecule is CCC(N)Cc1c(C)nn(C)c1N1CCC(C)CC1. The van der Waals surface area contributed by atoms with E-state index in [0.29, 0.717) is 0 Å². The lowest BCUT2D eigenvalue weighted by molar-refractivity contribution is 0.432. The Morgan fingerprint density at radius 1 is 1.37 bits per heavy atom. The maximum absolute atomic E-state index is 6.15. The van der Waals surface area contributed by atoms with E-state index in [1.807, 2.05) is 4.68 Å². The van der Waals surface area contributed by atoms with Crippen LogP contribution in [0.1, 0.15) is 44.4 Å². The van der Waals surface area contributed by atoms with Gasteiger partial charge in [0.25, 0.3) is 0 Å². The van der Waals surface area contributed by atoms with Crippen molar-refractivity contribution in [3.05, 3.63) is 11.3 Å². The Morgan fingerprint density at radius 2 is 2.00 bits per heavy atom. The molecule has 0 saturated carbocycles. The number of hydrogen-bond acceptors (Lipinski definition) is 3. The van der Waals surface area contributed by atoms with E-state index in [2.05, 4.69) is 37.8 Å². The minimum absolute atomic E-state index is 0.241. The molecule has 4 heteroatoms. The molecule has 0 amide bonds. The van der Waals surface area contributed by atoms with Crippen molar-refractivity contribution in [2.24, 2.45) is 18.7 Å². The third-order valence-corrected chi connectivity index (χ3v) is 4.39. The summed E-state index contributed by atoms with van der Waals surface area (Å²) in [4.78, 5) is 2.50. The number of hydrogen-bond donors (Lipinski definition) is 1. The Kier molecular flexibility index (Phi) is 4.50. The Morgan fingerprint density at radius 3 is 2.58 bits per heavy atom. The van der Waals surface area contributed by atoms with Gasteiger partial charge in [-0.15, -0.1) is 0 Å². The summed E-state index contributed by atoms with van der Waals surface area (Å²) < 4.78 is 2.04. The molecule has 1 unspecified atom stereocenters. The van der Waals surface area contributed by atoms with Crippen LogP contribution in [0.25, 0.3) is 0 Å². The van der Waals surface area contributed by atoms with E-state index in [1.165, 1.54) is 24.2 Å². The first-order valence-corrected chi connectivity index (χ1v) is 7.55. The van der Waals surface area contributed by atoms with Crippen LogP contribution in [-0.4, -0.2) is 28.9 Å². The number of nitrogens with two attached hydrogens (primary N) is 1. The predicted molar refractivity (Wildman–Crippen MR) is 80.5 cm³/mol. The zero-order valence-corrected chi connectivity index (χ0v) is 12.8. The zero-order chi connectivity index (χ0) is 14.0. The van der Waals surface area contributed by atoms with Crippen LogP contribution in [0, 0.1) is 12.8 Å². The first-order chi connectivity index (χ1) is 9.02. The van der Waals surface area contributed by atoms with Crippen LogP contribution >= 0.6 is 0 Å². The van der Waals surface area contributed by atoms with Crippen molar-refractivity contribution < 1.29 is 0 Å². The first-order valence-electron chi connectivity index (χ1n) is 7.55. The van der Waals surface area contributed by atoms with Gasteiger partial charge in [0, 0.05) is 31.7 Å². The van der Waals surface area contributed by atoms with E-state index in [9.17, 15) is 0 Å². The Hall–Kier alpha value is -1.03. The number of aromatic nitrogens is 2. The third kappa shape index (κ3) is 3.11. The molecule has 1 atom stereocenters. The second-order valence-corrected chi connectivity index (χ2v) is 6.05. The monoisotopic (exact) mass is 264 g/mol. The van der Waals surface area contributed by atoms with Crippen LogP contribution in [-0.2, 0) is 13.5 Å². The van der Waals surface area contributed by atoms with Gasteiger partial charge >= 0.3 is 0 Å². The minimum atomic E-state index is 0.241. The molecule has 2 N–H and O–H groups in total. The summed E-state index contributed by atoms with van der Waals surface area (Å²) in [6, 6.07) is 0.241. The lowest BCUT2D eigenvalue weighted by Crippen LogP contribution is -2.35. The van der Waals surface area contributed by atoms with Crippen molar-refractivity contribution >= 4 is 5.82 Å². The van der Waals surface area contributed by atoms with Gasteiger partial charge in [0.15, 0.2) is 0 Å². The van der Waals surface area contributed by atoms with Gasteiger partial charge in [-0.2, -0.15) is 5.10 Å². The number of anilines is 1. The standard InChI is InChI=1S/C15H28N4/c1-5-13(16)10-14-12(3)17-18(4)15(14)19-8-6-11(2)7-9-19/h11,13H,5-10,16H2,1-4H3. The van der Waals surface area contributed by atoms with E-state index in [-0.39, 0.29) is 6.04 Å². The van der Waals surface area contributed by atoms with E-state index in [1.54, 1.807) is 0 Å². The van der Waals surface area contributed by atoms with Gasteiger partial charge in [-0.25, -0.2) is 0 Å². The fraction of sp³-hybridized carbons (Fsp3) is 0.800. The fourth-order valence-corrected chi connectivity index (χ4v) is 2.95. The van der Waals surface area contributed by atoms with E-state index < -0.39 is 0 Å². The van der Waals surface area contributed by atoms with Crippen LogP contribution in [0.5, 0.6) is 0 Å². The molecular weight excluding hydrogens is 236 g/mol. The average molecular weight is 264 g/mol. The second kappa shape index (κ2) is 5.95. The summed E-state index contributed by atoms with van der Waals surface area (Å²) in [6.45, 7) is 8.90. The van der Waals surface area contributed by atoms with Crippen LogP contribution in [0.4, 0.5) is 5.82 Å². The molecule has 1 aromatic heterocycles. The van der Waals surface area contributed by atoms with Gasteiger partial charge < -0.3 is 10.6 Å². The largest absolute Gasteiger partial charge is 0.357 e. The topological polar surface area (TPSA) is 47.1 Å². The Balaban J connectivity index is 2.23. The van der Waals surface area contributed by atoms with Crippen molar-refractivity contribution in [2.45, 2.75) is 52.5 Å². The van der Waals surface area contributed by atoms with Crippen LogP contribution in [0.2, 0.25) is 0 Å². The molecule has 0 radical (unpaired) electrons. The molecule has 1 aliphatic rings. The summed E-state index contributed by atoms with van der Waals surface area (Å²) in [5.74, 6) is 2.15. The smallest absolute Gasteiger partial charge is 0.130 e. The molecule has 0 spiro atoms. The summed E-state index contributed by atoms with van der Waals surface area (Å²) in [6.07, 6.45) is 4.52. The lowest BCUT2D eigenvalue weighted by atomic mass is 9.98. The van der Waals surface area contributed by atoms with Gasteiger partial charge in [0.1, 0.15) is 5.82 Å². The summed E-state index contributed by atoms with van der Waals surface area (Å²) in [7, 11) is 2.06. The predicted octanol–water partition coefficient (Wildman–Crippen LogP) is 2.24. The van der Waals surface area contributed by atoms with Crippen LogP contribution < -0.4 is 10.6 Å². The molecule has 19 heavy (non-hydrogen) atoms. The molecule has 0 bridgehead atoms. The van der Waals surface area contributed by atoms with Crippen molar-refractivity contribution in [1.82, 2.24) is 9.78 Å². The number of piperidine rings is 1. The Bertz CT molecular complexity index is 416. The molecule has 1 fully saturated rings. The van der Waals surface area contributed by atoms with E-state index in [4.69, 9.17) is 5.73 Å². The maximum atomic E-state index is 6.15. The van der Waals surface area contributed by atoms with Gasteiger partial charge in [-0.1, -0.05) is 13.8 Å². The van der Waals surface area contributed by atoms with Gasteiger partial charge in [0.05, 0.1) is 5.69 Å². The average Bonchev–Trinajstić information content (AvgIpc) is 2.65. The highest BCUT2D eigenvalue weighted by molar-refractivity contribution is 5.51. The molecule has 1 aromatic rings. The Labute approximate surface area is 117 Å². The first kappa shape index (κ1) is 14.4. The molecule has 2 heterocycles. The van der Waals surface area contributed by atoms with Gasteiger partial charge in [-0.3, -0.25) is 4.68 Å². The minimum Gasteiger partial charge on any atom is -0.357 e. The third-order valence-electron chi connectivity index (χ3n) is 4.39. The summed E-state index contributed by atoms with van der Waals surface area (Å²) >= 11 is 0. The van der Waals surface area contributed by atoms with Crippen molar-refractivity contribution in [3.8, 4) is 0 Å². The van der Waals surface area contributed by atoms with Crippen LogP contribution in [0.15, 0.2) is 0 Å². The molecule has 2 rings (SSSR count). The molecular formula is C15H28N4. The second-order valence-electron chi connectivity index (χ2n) is 6.05. The summed E-state index contributed by atoms with van der Waals surface area (Å²) in [5.41, 5.74) is 8.64. The number of rotatable bonds is 4. The maximum Gasteiger partial charge on any atom is 0.130 e. The lowest BCUT2D eigenvalue weighted by Gasteiger charge is -2.33. The van der Waals surface area contributed by atoms with Crippen molar-refractivity contribution in [2.75, 3.05) is 18.0 Å². The quantitative estimate of drug-likeness (QED) is 0.907. The zero-order valence-electron chi connectivity index (χ0n) is 12.8. The normalized spacial score (nSPS) is 18.9. The molecule has 0 aromatic carbocycles. The molecule has 1 aliphatic heterocycles. The molecule has 1 saturated heterocycles. The number of nitrogens with zero attached hydrogens (tertiary/aromatic N) is 3. The highest BCUT2D eigenvalue weighted by atomic mass is 15.4. The van der Waals surface area contributed by atoms with Crippen molar-refractivity contribution in [3.63, 3.8) is 0 Å². The van der Waals surface area contributed by atoms with E-state index >= 15 is 0 Å². The fourth-order valence-electron chi connectivity index (χ4n) is 2.95. The van der Waals surface area contributed by atoms with Gasteiger partial charge in [0.2, 0.25) is 0 Å². The van der Waals surface area contributed by atoms with Gasteiger partial charge in [-0.05, 0) is 38.5 Å². The van der Waals surface area contributed by atoms with Crippen molar-refractivity contribution in [1.29, 1.82) is 0 Å². The molecule has 108 valence electrons.